The van der Waals surface area contributed by atoms with Gasteiger partial charge in [-0.3, -0.25) is 24.5 Å². The lowest BCUT2D eigenvalue weighted by Crippen LogP contribution is -2.52. The van der Waals surface area contributed by atoms with Gasteiger partial charge in [-0.2, -0.15) is 13.2 Å². The Balaban J connectivity index is 1.60. The molecule has 0 aromatic heterocycles. The SMILES string of the molecule is CC(=O)NC(Oc1ccc2c(c1)CN(C1CCC(=O)NC1=O)C2=O)c1ccccc1C(F)(F)F. The molecule has 11 heteroatoms. The van der Waals surface area contributed by atoms with Crippen molar-refractivity contribution in [2.75, 3.05) is 0 Å². The van der Waals surface area contributed by atoms with Crippen molar-refractivity contribution in [2.24, 2.45) is 0 Å². The lowest BCUT2D eigenvalue weighted by Gasteiger charge is -2.29. The van der Waals surface area contributed by atoms with Crippen LogP contribution in [0, 0.1) is 0 Å². The smallest absolute Gasteiger partial charge is 0.416 e. The molecule has 34 heavy (non-hydrogen) atoms. The highest BCUT2D eigenvalue weighted by Crippen LogP contribution is 2.36. The minimum absolute atomic E-state index is 0.0710. The summed E-state index contributed by atoms with van der Waals surface area (Å²) in [6.45, 7) is 1.23. The van der Waals surface area contributed by atoms with Crippen LogP contribution in [0.4, 0.5) is 13.2 Å². The third-order valence-corrected chi connectivity index (χ3v) is 5.63. The Morgan fingerprint density at radius 2 is 1.91 bits per heavy atom. The fourth-order valence-corrected chi connectivity index (χ4v) is 4.10. The summed E-state index contributed by atoms with van der Waals surface area (Å²) in [6, 6.07) is 8.31. The van der Waals surface area contributed by atoms with Gasteiger partial charge in [0.05, 0.1) is 5.56 Å². The number of amides is 4. The van der Waals surface area contributed by atoms with Crippen LogP contribution in [-0.4, -0.2) is 34.6 Å². The minimum atomic E-state index is -4.66. The standard InChI is InChI=1S/C23H20F3N3O5/c1-12(30)27-21(16-4-2-3-5-17(16)23(24,25)26)34-14-6-7-15-13(10-14)11-29(22(15)33)18-8-9-19(31)28-20(18)32/h2-7,10,18,21H,8-9,11H2,1H3,(H,27,30)(H,28,31,32). The molecule has 2 aromatic carbocycles. The quantitative estimate of drug-likeness (QED) is 0.511. The largest absolute Gasteiger partial charge is 0.466 e. The Kier molecular flexibility index (Phi) is 6.03. The molecule has 2 aliphatic rings. The lowest BCUT2D eigenvalue weighted by molar-refractivity contribution is -0.140. The van der Waals surface area contributed by atoms with Crippen molar-refractivity contribution in [1.29, 1.82) is 0 Å². The molecule has 2 aliphatic heterocycles. The van der Waals surface area contributed by atoms with E-state index in [0.29, 0.717) is 11.1 Å². The van der Waals surface area contributed by atoms with Crippen molar-refractivity contribution in [2.45, 2.75) is 44.8 Å². The number of piperidine rings is 1. The zero-order valence-electron chi connectivity index (χ0n) is 17.9. The maximum absolute atomic E-state index is 13.5. The van der Waals surface area contributed by atoms with Crippen LogP contribution >= 0.6 is 0 Å². The monoisotopic (exact) mass is 475 g/mol. The zero-order valence-corrected chi connectivity index (χ0v) is 17.9. The number of carbonyl (C=O) groups is 4. The van der Waals surface area contributed by atoms with Crippen LogP contribution in [0.2, 0.25) is 0 Å². The van der Waals surface area contributed by atoms with E-state index in [1.807, 2.05) is 0 Å². The van der Waals surface area contributed by atoms with Gasteiger partial charge in [-0.05, 0) is 36.2 Å². The normalized spacial score (nSPS) is 18.9. The molecule has 8 nitrogen and oxygen atoms in total. The molecule has 2 aromatic rings. The molecule has 0 spiro atoms. The molecule has 1 saturated heterocycles. The second-order valence-corrected chi connectivity index (χ2v) is 8.00. The molecule has 178 valence electrons. The van der Waals surface area contributed by atoms with E-state index in [4.69, 9.17) is 4.74 Å². The van der Waals surface area contributed by atoms with E-state index in [0.717, 1.165) is 13.0 Å². The summed E-state index contributed by atoms with van der Waals surface area (Å²) in [4.78, 5) is 49.5. The fourth-order valence-electron chi connectivity index (χ4n) is 4.10. The van der Waals surface area contributed by atoms with Crippen molar-refractivity contribution in [3.63, 3.8) is 0 Å². The maximum atomic E-state index is 13.5. The Morgan fingerprint density at radius 3 is 2.59 bits per heavy atom. The molecule has 2 unspecified atom stereocenters. The average Bonchev–Trinajstić information content (AvgIpc) is 3.08. The Labute approximate surface area is 192 Å². The molecular weight excluding hydrogens is 455 g/mol. The van der Waals surface area contributed by atoms with Gasteiger partial charge < -0.3 is 15.0 Å². The highest BCUT2D eigenvalue weighted by atomic mass is 19.4. The number of nitrogens with one attached hydrogen (secondary N) is 2. The van der Waals surface area contributed by atoms with Crippen LogP contribution in [0.25, 0.3) is 0 Å². The fraction of sp³-hybridized carbons (Fsp3) is 0.304. The molecule has 0 radical (unpaired) electrons. The molecule has 2 heterocycles. The minimum Gasteiger partial charge on any atom is -0.466 e. The van der Waals surface area contributed by atoms with E-state index in [1.54, 1.807) is 0 Å². The first-order chi connectivity index (χ1) is 16.0. The first kappa shape index (κ1) is 23.3. The van der Waals surface area contributed by atoms with Crippen LogP contribution in [0.3, 0.4) is 0 Å². The number of hydrogen-bond acceptors (Lipinski definition) is 5. The van der Waals surface area contributed by atoms with Gasteiger partial charge in [0.25, 0.3) is 5.91 Å². The van der Waals surface area contributed by atoms with E-state index in [1.165, 1.54) is 41.3 Å². The topological polar surface area (TPSA) is 105 Å². The van der Waals surface area contributed by atoms with Crippen molar-refractivity contribution < 1.29 is 37.1 Å². The maximum Gasteiger partial charge on any atom is 0.416 e. The van der Waals surface area contributed by atoms with Crippen LogP contribution in [0.15, 0.2) is 42.5 Å². The molecule has 2 atom stereocenters. The van der Waals surface area contributed by atoms with Crippen LogP contribution in [0.1, 0.15) is 53.0 Å². The molecule has 4 rings (SSSR count). The Morgan fingerprint density at radius 1 is 1.18 bits per heavy atom. The van der Waals surface area contributed by atoms with Gasteiger partial charge in [0.2, 0.25) is 17.7 Å². The van der Waals surface area contributed by atoms with Crippen molar-refractivity contribution in [3.05, 3.63) is 64.7 Å². The number of fused-ring (bicyclic) bond motifs is 1. The Bertz CT molecular complexity index is 1180. The number of benzene rings is 2. The molecule has 0 aliphatic carbocycles. The van der Waals surface area contributed by atoms with Crippen molar-refractivity contribution >= 4 is 23.6 Å². The van der Waals surface area contributed by atoms with Crippen LogP contribution < -0.4 is 15.4 Å². The van der Waals surface area contributed by atoms with Gasteiger partial charge in [0, 0.05) is 31.0 Å². The van der Waals surface area contributed by atoms with Gasteiger partial charge in [-0.15, -0.1) is 0 Å². The first-order valence-corrected chi connectivity index (χ1v) is 10.4. The third kappa shape index (κ3) is 4.59. The summed E-state index contributed by atoms with van der Waals surface area (Å²) in [5.41, 5.74) is -0.386. The first-order valence-electron chi connectivity index (χ1n) is 10.4. The number of rotatable bonds is 5. The second-order valence-electron chi connectivity index (χ2n) is 8.00. The molecule has 1 fully saturated rings. The van der Waals surface area contributed by atoms with E-state index < -0.39 is 47.6 Å². The number of imide groups is 1. The Hall–Kier alpha value is -3.89. The summed E-state index contributed by atoms with van der Waals surface area (Å²) < 4.78 is 46.3. The predicted octanol–water partition coefficient (Wildman–Crippen LogP) is 2.68. The van der Waals surface area contributed by atoms with Gasteiger partial charge >= 0.3 is 6.18 Å². The highest BCUT2D eigenvalue weighted by Gasteiger charge is 2.39. The molecular formula is C23H20F3N3O5. The number of ether oxygens (including phenoxy) is 1. The van der Waals surface area contributed by atoms with E-state index in [9.17, 15) is 32.3 Å². The summed E-state index contributed by atoms with van der Waals surface area (Å²) in [5.74, 6) is -1.81. The van der Waals surface area contributed by atoms with Crippen LogP contribution in [-0.2, 0) is 27.1 Å². The molecule has 0 bridgehead atoms. The zero-order chi connectivity index (χ0) is 24.6. The number of carbonyl (C=O) groups excluding carboxylic acids is 4. The highest BCUT2D eigenvalue weighted by molar-refractivity contribution is 6.05. The number of hydrogen-bond donors (Lipinski definition) is 2. The molecule has 0 saturated carbocycles. The lowest BCUT2D eigenvalue weighted by atomic mass is 10.0. The summed E-state index contributed by atoms with van der Waals surface area (Å²) in [5, 5.41) is 4.60. The summed E-state index contributed by atoms with van der Waals surface area (Å²) in [6.07, 6.45) is -5.78. The number of halogens is 3. The van der Waals surface area contributed by atoms with Crippen molar-refractivity contribution in [1.82, 2.24) is 15.5 Å². The summed E-state index contributed by atoms with van der Waals surface area (Å²) >= 11 is 0. The average molecular weight is 475 g/mol. The van der Waals surface area contributed by atoms with Gasteiger partial charge in [0.1, 0.15) is 11.8 Å². The second kappa shape index (κ2) is 8.81. The number of nitrogens with zero attached hydrogens (tertiary/aromatic N) is 1. The summed E-state index contributed by atoms with van der Waals surface area (Å²) in [7, 11) is 0. The molecule has 2 N–H and O–H groups in total. The third-order valence-electron chi connectivity index (χ3n) is 5.63. The van der Waals surface area contributed by atoms with Gasteiger partial charge in [-0.25, -0.2) is 0 Å². The van der Waals surface area contributed by atoms with E-state index >= 15 is 0 Å². The van der Waals surface area contributed by atoms with Gasteiger partial charge in [0.15, 0.2) is 6.23 Å². The number of alkyl halides is 3. The van der Waals surface area contributed by atoms with Crippen LogP contribution in [0.5, 0.6) is 5.75 Å². The van der Waals surface area contributed by atoms with Gasteiger partial charge in [-0.1, -0.05) is 18.2 Å². The van der Waals surface area contributed by atoms with E-state index in [-0.39, 0.29) is 30.7 Å². The van der Waals surface area contributed by atoms with E-state index in [2.05, 4.69) is 10.6 Å². The van der Waals surface area contributed by atoms with Crippen molar-refractivity contribution in [3.8, 4) is 5.75 Å². The molecule has 4 amide bonds. The predicted molar refractivity (Wildman–Crippen MR) is 111 cm³/mol.